The van der Waals surface area contributed by atoms with Crippen molar-refractivity contribution in [3.05, 3.63) is 36.3 Å². The van der Waals surface area contributed by atoms with Crippen LogP contribution in [0, 0.1) is 0 Å². The number of methoxy groups -OCH3 is 1. The highest BCUT2D eigenvalue weighted by atomic mass is 19.1. The van der Waals surface area contributed by atoms with Crippen LogP contribution >= 0.6 is 0 Å². The fourth-order valence-electron chi connectivity index (χ4n) is 3.32. The molecule has 4 nitrogen and oxygen atoms in total. The van der Waals surface area contributed by atoms with E-state index < -0.39 is 5.67 Å². The molecule has 23 heavy (non-hydrogen) atoms. The van der Waals surface area contributed by atoms with E-state index in [1.54, 1.807) is 13.3 Å². The van der Waals surface area contributed by atoms with Crippen molar-refractivity contribution in [3.63, 3.8) is 0 Å². The SMILES string of the molecule is C=C(C)c1cnc2cc(OC)c(C3(F)CCN(CC)CC3)cn12. The van der Waals surface area contributed by atoms with Gasteiger partial charge >= 0.3 is 0 Å². The van der Waals surface area contributed by atoms with E-state index in [0.717, 1.165) is 36.5 Å². The van der Waals surface area contributed by atoms with Crippen molar-refractivity contribution < 1.29 is 9.13 Å². The highest BCUT2D eigenvalue weighted by Crippen LogP contribution is 2.42. The van der Waals surface area contributed by atoms with Gasteiger partial charge in [0.05, 0.1) is 19.0 Å². The van der Waals surface area contributed by atoms with Gasteiger partial charge in [-0.05, 0) is 31.9 Å². The molecule has 0 aromatic carbocycles. The molecule has 0 aliphatic carbocycles. The van der Waals surface area contributed by atoms with Crippen LogP contribution in [-0.2, 0) is 5.67 Å². The van der Waals surface area contributed by atoms with E-state index in [1.165, 1.54) is 0 Å². The lowest BCUT2D eigenvalue weighted by atomic mass is 9.86. The Labute approximate surface area is 136 Å². The van der Waals surface area contributed by atoms with E-state index in [0.29, 0.717) is 24.2 Å². The number of imidazole rings is 1. The largest absolute Gasteiger partial charge is 0.496 e. The van der Waals surface area contributed by atoms with Gasteiger partial charge in [-0.2, -0.15) is 0 Å². The first-order valence-corrected chi connectivity index (χ1v) is 8.11. The predicted octanol–water partition coefficient (Wildman–Crippen LogP) is 3.66. The highest BCUT2D eigenvalue weighted by molar-refractivity contribution is 5.63. The van der Waals surface area contributed by atoms with Crippen LogP contribution in [0.1, 0.15) is 37.9 Å². The van der Waals surface area contributed by atoms with E-state index in [1.807, 2.05) is 23.6 Å². The molecule has 0 radical (unpaired) electrons. The number of rotatable bonds is 4. The molecule has 124 valence electrons. The zero-order valence-electron chi connectivity index (χ0n) is 14.1. The number of alkyl halides is 1. The van der Waals surface area contributed by atoms with Gasteiger partial charge in [0.2, 0.25) is 0 Å². The summed E-state index contributed by atoms with van der Waals surface area (Å²) in [6.45, 7) is 10.5. The zero-order chi connectivity index (χ0) is 16.6. The summed E-state index contributed by atoms with van der Waals surface area (Å²) in [5, 5.41) is 0. The maximum Gasteiger partial charge on any atom is 0.143 e. The van der Waals surface area contributed by atoms with Crippen LogP contribution in [0.25, 0.3) is 11.2 Å². The first kappa shape index (κ1) is 16.0. The van der Waals surface area contributed by atoms with Crippen molar-refractivity contribution in [2.45, 2.75) is 32.4 Å². The number of piperidine rings is 1. The number of allylic oxidation sites excluding steroid dienone is 1. The van der Waals surface area contributed by atoms with Gasteiger partial charge in [-0.1, -0.05) is 13.5 Å². The third-order valence-electron chi connectivity index (χ3n) is 4.84. The Hall–Kier alpha value is -1.88. The summed E-state index contributed by atoms with van der Waals surface area (Å²) >= 11 is 0. The first-order chi connectivity index (χ1) is 11.0. The van der Waals surface area contributed by atoms with Gasteiger partial charge in [0, 0.05) is 30.9 Å². The standard InChI is InChI=1S/C18H24FN3O/c1-5-21-8-6-18(19,7-9-21)14-12-22-15(13(2)3)11-20-17(22)10-16(14)23-4/h10-12H,2,5-9H2,1,3-4H3. The summed E-state index contributed by atoms with van der Waals surface area (Å²) in [7, 11) is 1.59. The van der Waals surface area contributed by atoms with Crippen molar-refractivity contribution in [1.82, 2.24) is 14.3 Å². The van der Waals surface area contributed by atoms with E-state index in [-0.39, 0.29) is 0 Å². The Morgan fingerprint density at radius 1 is 1.43 bits per heavy atom. The Bertz CT molecular complexity index is 729. The maximum absolute atomic E-state index is 15.7. The molecule has 3 rings (SSSR count). The molecule has 0 amide bonds. The van der Waals surface area contributed by atoms with Crippen LogP contribution in [0.2, 0.25) is 0 Å². The number of halogens is 1. The quantitative estimate of drug-likeness (QED) is 0.862. The minimum absolute atomic E-state index is 0.486. The first-order valence-electron chi connectivity index (χ1n) is 8.11. The molecule has 0 spiro atoms. The molecule has 0 atom stereocenters. The van der Waals surface area contributed by atoms with Crippen molar-refractivity contribution in [3.8, 4) is 5.75 Å². The van der Waals surface area contributed by atoms with Gasteiger partial charge in [-0.25, -0.2) is 9.37 Å². The van der Waals surface area contributed by atoms with Crippen LogP contribution in [0.5, 0.6) is 5.75 Å². The predicted molar refractivity (Wildman–Crippen MR) is 90.6 cm³/mol. The summed E-state index contributed by atoms with van der Waals surface area (Å²) < 4.78 is 23.0. The smallest absolute Gasteiger partial charge is 0.143 e. The topological polar surface area (TPSA) is 29.8 Å². The fourth-order valence-corrected chi connectivity index (χ4v) is 3.32. The summed E-state index contributed by atoms with van der Waals surface area (Å²) in [5.74, 6) is 0.573. The van der Waals surface area contributed by atoms with Gasteiger partial charge in [-0.15, -0.1) is 0 Å². The van der Waals surface area contributed by atoms with E-state index in [2.05, 4.69) is 23.4 Å². The second-order valence-corrected chi connectivity index (χ2v) is 6.31. The lowest BCUT2D eigenvalue weighted by Crippen LogP contribution is -2.40. The summed E-state index contributed by atoms with van der Waals surface area (Å²) in [6.07, 6.45) is 4.58. The average Bonchev–Trinajstić information content (AvgIpc) is 2.97. The molecule has 1 aliphatic rings. The number of pyridine rings is 1. The van der Waals surface area contributed by atoms with Gasteiger partial charge in [0.1, 0.15) is 17.1 Å². The monoisotopic (exact) mass is 317 g/mol. The van der Waals surface area contributed by atoms with E-state index in [4.69, 9.17) is 4.74 Å². The summed E-state index contributed by atoms with van der Waals surface area (Å²) in [5.41, 5.74) is 1.81. The van der Waals surface area contributed by atoms with Crippen molar-refractivity contribution in [2.24, 2.45) is 0 Å². The fraction of sp³-hybridized carbons (Fsp3) is 0.500. The van der Waals surface area contributed by atoms with Crippen molar-refractivity contribution in [1.29, 1.82) is 0 Å². The Morgan fingerprint density at radius 2 is 2.13 bits per heavy atom. The second-order valence-electron chi connectivity index (χ2n) is 6.31. The maximum atomic E-state index is 15.7. The molecule has 5 heteroatoms. The lowest BCUT2D eigenvalue weighted by molar-refractivity contribution is 0.0559. The highest BCUT2D eigenvalue weighted by Gasteiger charge is 2.38. The van der Waals surface area contributed by atoms with E-state index in [9.17, 15) is 0 Å². The Balaban J connectivity index is 2.08. The Morgan fingerprint density at radius 3 is 2.70 bits per heavy atom. The number of likely N-dealkylation sites (tertiary alicyclic amines) is 1. The van der Waals surface area contributed by atoms with Gasteiger partial charge in [0.15, 0.2) is 0 Å². The van der Waals surface area contributed by atoms with Crippen LogP contribution in [0.3, 0.4) is 0 Å². The number of aromatic nitrogens is 2. The van der Waals surface area contributed by atoms with Gasteiger partial charge < -0.3 is 9.64 Å². The average molecular weight is 317 g/mol. The molecular weight excluding hydrogens is 293 g/mol. The van der Waals surface area contributed by atoms with Gasteiger partial charge in [0.25, 0.3) is 0 Å². The molecule has 0 saturated carbocycles. The lowest BCUT2D eigenvalue weighted by Gasteiger charge is -2.36. The van der Waals surface area contributed by atoms with Crippen molar-refractivity contribution in [2.75, 3.05) is 26.7 Å². The minimum atomic E-state index is -1.36. The van der Waals surface area contributed by atoms with Crippen molar-refractivity contribution >= 4 is 11.2 Å². The number of hydrogen-bond acceptors (Lipinski definition) is 3. The van der Waals surface area contributed by atoms with Crippen LogP contribution in [0.15, 0.2) is 25.0 Å². The number of hydrogen-bond donors (Lipinski definition) is 0. The number of fused-ring (bicyclic) bond motifs is 1. The molecule has 0 unspecified atom stereocenters. The van der Waals surface area contributed by atoms with E-state index >= 15 is 4.39 Å². The van der Waals surface area contributed by atoms with Gasteiger partial charge in [-0.3, -0.25) is 4.40 Å². The molecular formula is C18H24FN3O. The summed E-state index contributed by atoms with van der Waals surface area (Å²) in [4.78, 5) is 6.65. The zero-order valence-corrected chi connectivity index (χ0v) is 14.1. The summed E-state index contributed by atoms with van der Waals surface area (Å²) in [6, 6.07) is 1.81. The third-order valence-corrected chi connectivity index (χ3v) is 4.84. The Kier molecular flexibility index (Phi) is 4.15. The van der Waals surface area contributed by atoms with Crippen LogP contribution < -0.4 is 4.74 Å². The minimum Gasteiger partial charge on any atom is -0.496 e. The van der Waals surface area contributed by atoms with Crippen LogP contribution in [-0.4, -0.2) is 41.0 Å². The second kappa shape index (κ2) is 5.96. The molecule has 2 aromatic rings. The number of nitrogens with zero attached hydrogens (tertiary/aromatic N) is 3. The molecule has 1 fully saturated rings. The molecule has 1 aliphatic heterocycles. The normalized spacial score (nSPS) is 18.3. The number of ether oxygens (including phenoxy) is 1. The molecule has 0 N–H and O–H groups in total. The molecule has 2 aromatic heterocycles. The third kappa shape index (κ3) is 2.74. The molecule has 0 bridgehead atoms. The van der Waals surface area contributed by atoms with Crippen LogP contribution in [0.4, 0.5) is 4.39 Å². The molecule has 3 heterocycles. The molecule has 1 saturated heterocycles.